The molecule has 0 bridgehead atoms. The number of H-pyrrole nitrogens is 1. The van der Waals surface area contributed by atoms with E-state index in [1.165, 1.54) is 6.08 Å². The monoisotopic (exact) mass is 370 g/mol. The van der Waals surface area contributed by atoms with E-state index in [1.54, 1.807) is 12.4 Å². The molecule has 1 aliphatic heterocycles. The lowest BCUT2D eigenvalue weighted by Crippen LogP contribution is -2.58. The number of nitrogens with one attached hydrogen (secondary N) is 2. The average molecular weight is 370 g/mol. The second kappa shape index (κ2) is 7.38. The van der Waals surface area contributed by atoms with Crippen LogP contribution in [0.25, 0.3) is 11.2 Å². The van der Waals surface area contributed by atoms with E-state index in [-0.39, 0.29) is 29.9 Å². The van der Waals surface area contributed by atoms with Gasteiger partial charge in [0.1, 0.15) is 11.3 Å². The highest BCUT2D eigenvalue weighted by Crippen LogP contribution is 2.24. The van der Waals surface area contributed by atoms with Crippen molar-refractivity contribution in [3.8, 4) is 0 Å². The van der Waals surface area contributed by atoms with E-state index in [4.69, 9.17) is 4.98 Å². The van der Waals surface area contributed by atoms with Crippen molar-refractivity contribution in [2.75, 3.05) is 18.0 Å². The zero-order valence-corrected chi connectivity index (χ0v) is 16.2. The van der Waals surface area contributed by atoms with Gasteiger partial charge in [0.15, 0.2) is 5.65 Å². The molecule has 2 aromatic heterocycles. The van der Waals surface area contributed by atoms with Crippen LogP contribution in [-0.4, -0.2) is 62.9 Å². The summed E-state index contributed by atoms with van der Waals surface area (Å²) < 4.78 is 0. The Morgan fingerprint density at radius 1 is 1.33 bits per heavy atom. The van der Waals surface area contributed by atoms with Crippen LogP contribution in [0.4, 0.5) is 5.82 Å². The summed E-state index contributed by atoms with van der Waals surface area (Å²) in [6.45, 7) is 12.7. The maximum atomic E-state index is 12.4. The molecule has 144 valence electrons. The molecule has 1 fully saturated rings. The zero-order valence-electron chi connectivity index (χ0n) is 16.2. The number of carbonyl (C=O) groups excluding carboxylic acids is 2. The molecule has 0 spiro atoms. The van der Waals surface area contributed by atoms with Gasteiger partial charge >= 0.3 is 0 Å². The first-order valence-corrected chi connectivity index (χ1v) is 9.16. The van der Waals surface area contributed by atoms with Crippen LogP contribution in [0.15, 0.2) is 25.0 Å². The van der Waals surface area contributed by atoms with Crippen molar-refractivity contribution in [3.05, 3.63) is 30.6 Å². The summed E-state index contributed by atoms with van der Waals surface area (Å²) in [5.74, 6) is 0.463. The number of rotatable bonds is 4. The first-order valence-electron chi connectivity index (χ1n) is 9.16. The number of aromatic amines is 1. The molecule has 27 heavy (non-hydrogen) atoms. The normalized spacial score (nSPS) is 20.2. The SMILES string of the molecule is C=CC(=O)N1C[C@@H](C)N(c2cnc3[nH]cc(C(=O)NC(C)C)c3n2)CC1C. The minimum absolute atomic E-state index is 0.0270. The predicted molar refractivity (Wildman–Crippen MR) is 105 cm³/mol. The molecule has 2 aromatic rings. The van der Waals surface area contributed by atoms with E-state index in [9.17, 15) is 9.59 Å². The van der Waals surface area contributed by atoms with Crippen molar-refractivity contribution in [3.63, 3.8) is 0 Å². The van der Waals surface area contributed by atoms with Gasteiger partial charge in [-0.15, -0.1) is 0 Å². The molecule has 1 saturated heterocycles. The topological polar surface area (TPSA) is 94.2 Å². The van der Waals surface area contributed by atoms with E-state index in [0.717, 1.165) is 0 Å². The van der Waals surface area contributed by atoms with Crippen molar-refractivity contribution >= 4 is 28.8 Å². The fourth-order valence-corrected chi connectivity index (χ4v) is 3.40. The Morgan fingerprint density at radius 2 is 2.07 bits per heavy atom. The lowest BCUT2D eigenvalue weighted by Gasteiger charge is -2.44. The number of anilines is 1. The molecular formula is C19H26N6O2. The predicted octanol–water partition coefficient (Wildman–Crippen LogP) is 1.71. The van der Waals surface area contributed by atoms with Gasteiger partial charge in [-0.05, 0) is 33.8 Å². The van der Waals surface area contributed by atoms with E-state index >= 15 is 0 Å². The summed E-state index contributed by atoms with van der Waals surface area (Å²) >= 11 is 0. The second-order valence-corrected chi connectivity index (χ2v) is 7.30. The minimum atomic E-state index is -0.175. The fraction of sp³-hybridized carbons (Fsp3) is 0.474. The molecule has 0 aromatic carbocycles. The molecule has 8 heteroatoms. The Labute approximate surface area is 158 Å². The molecule has 0 saturated carbocycles. The molecule has 8 nitrogen and oxygen atoms in total. The van der Waals surface area contributed by atoms with Gasteiger partial charge in [0.2, 0.25) is 5.91 Å². The van der Waals surface area contributed by atoms with E-state index in [2.05, 4.69) is 26.8 Å². The van der Waals surface area contributed by atoms with Gasteiger partial charge in [-0.2, -0.15) is 0 Å². The third kappa shape index (κ3) is 3.65. The van der Waals surface area contributed by atoms with Crippen molar-refractivity contribution in [2.24, 2.45) is 0 Å². The van der Waals surface area contributed by atoms with Crippen LogP contribution in [0, 0.1) is 0 Å². The summed E-state index contributed by atoms with van der Waals surface area (Å²) in [6, 6.07) is 0.137. The van der Waals surface area contributed by atoms with Crippen molar-refractivity contribution in [1.82, 2.24) is 25.2 Å². The van der Waals surface area contributed by atoms with Crippen LogP contribution in [0.3, 0.4) is 0 Å². The molecule has 2 N–H and O–H groups in total. The number of hydrogen-bond acceptors (Lipinski definition) is 5. The van der Waals surface area contributed by atoms with Gasteiger partial charge in [-0.25, -0.2) is 9.97 Å². The Bertz CT molecular complexity index is 874. The first kappa shape index (κ1) is 18.9. The molecule has 3 rings (SSSR count). The van der Waals surface area contributed by atoms with Crippen molar-refractivity contribution in [2.45, 2.75) is 45.8 Å². The summed E-state index contributed by atoms with van der Waals surface area (Å²) in [6.07, 6.45) is 4.69. The molecule has 1 aliphatic rings. The van der Waals surface area contributed by atoms with Crippen LogP contribution < -0.4 is 10.2 Å². The second-order valence-electron chi connectivity index (χ2n) is 7.30. The lowest BCUT2D eigenvalue weighted by molar-refractivity contribution is -0.128. The van der Waals surface area contributed by atoms with Gasteiger partial charge in [0.25, 0.3) is 5.91 Å². The van der Waals surface area contributed by atoms with Gasteiger partial charge in [-0.3, -0.25) is 9.59 Å². The van der Waals surface area contributed by atoms with Gasteiger partial charge in [0, 0.05) is 37.4 Å². The number of fused-ring (bicyclic) bond motifs is 1. The largest absolute Gasteiger partial charge is 0.350 e. The summed E-state index contributed by atoms with van der Waals surface area (Å²) in [4.78, 5) is 40.5. The van der Waals surface area contributed by atoms with Gasteiger partial charge in [-0.1, -0.05) is 6.58 Å². The summed E-state index contributed by atoms with van der Waals surface area (Å²) in [7, 11) is 0. The highest BCUT2D eigenvalue weighted by atomic mass is 16.2. The highest BCUT2D eigenvalue weighted by Gasteiger charge is 2.32. The minimum Gasteiger partial charge on any atom is -0.350 e. The number of hydrogen-bond donors (Lipinski definition) is 2. The Hall–Kier alpha value is -2.90. The highest BCUT2D eigenvalue weighted by molar-refractivity contribution is 6.04. The summed E-state index contributed by atoms with van der Waals surface area (Å²) in [5, 5.41) is 2.88. The lowest BCUT2D eigenvalue weighted by atomic mass is 10.1. The maximum Gasteiger partial charge on any atom is 0.255 e. The zero-order chi connectivity index (χ0) is 19.7. The Kier molecular flexibility index (Phi) is 5.16. The number of carbonyl (C=O) groups is 2. The van der Waals surface area contributed by atoms with Gasteiger partial charge < -0.3 is 20.1 Å². The smallest absolute Gasteiger partial charge is 0.255 e. The maximum absolute atomic E-state index is 12.4. The van der Waals surface area contributed by atoms with Gasteiger partial charge in [0.05, 0.1) is 11.8 Å². The van der Waals surface area contributed by atoms with E-state index < -0.39 is 0 Å². The number of piperazine rings is 1. The van der Waals surface area contributed by atoms with Crippen LogP contribution in [0.5, 0.6) is 0 Å². The molecule has 2 atom stereocenters. The van der Waals surface area contributed by atoms with Crippen LogP contribution in [0.2, 0.25) is 0 Å². The van der Waals surface area contributed by atoms with Crippen molar-refractivity contribution < 1.29 is 9.59 Å². The fourth-order valence-electron chi connectivity index (χ4n) is 3.40. The Balaban J connectivity index is 1.90. The average Bonchev–Trinajstić information content (AvgIpc) is 3.05. The number of aromatic nitrogens is 3. The number of nitrogens with zero attached hydrogens (tertiary/aromatic N) is 4. The molecule has 3 heterocycles. The quantitative estimate of drug-likeness (QED) is 0.799. The standard InChI is InChI=1S/C19H26N6O2/c1-6-16(26)25-10-12(4)24(9-13(25)5)15-8-21-18-17(23-15)14(7-20-18)19(27)22-11(2)3/h6-8,11-13H,1,9-10H2,2-5H3,(H,20,21)(H,22,27)/t12-,13?/m1/s1. The summed E-state index contributed by atoms with van der Waals surface area (Å²) in [5.41, 5.74) is 1.61. The number of amides is 2. The van der Waals surface area contributed by atoms with Crippen LogP contribution >= 0.6 is 0 Å². The van der Waals surface area contributed by atoms with E-state index in [0.29, 0.717) is 35.6 Å². The molecular weight excluding hydrogens is 344 g/mol. The third-order valence-corrected chi connectivity index (χ3v) is 4.77. The molecule has 0 radical (unpaired) electrons. The molecule has 0 aliphatic carbocycles. The molecule has 2 amide bonds. The van der Waals surface area contributed by atoms with Crippen LogP contribution in [-0.2, 0) is 4.79 Å². The van der Waals surface area contributed by atoms with Crippen molar-refractivity contribution in [1.29, 1.82) is 0 Å². The van der Waals surface area contributed by atoms with Crippen LogP contribution in [0.1, 0.15) is 38.1 Å². The Morgan fingerprint density at radius 3 is 2.74 bits per heavy atom. The molecule has 1 unspecified atom stereocenters. The third-order valence-electron chi connectivity index (χ3n) is 4.77. The first-order chi connectivity index (χ1) is 12.8. The van der Waals surface area contributed by atoms with E-state index in [1.807, 2.05) is 32.6 Å².